The number of aliphatic carboxylic acids is 1. The third kappa shape index (κ3) is 2.95. The van der Waals surface area contributed by atoms with Gasteiger partial charge in [-0.25, -0.2) is 0 Å². The van der Waals surface area contributed by atoms with Gasteiger partial charge < -0.3 is 14.6 Å². The van der Waals surface area contributed by atoms with Crippen LogP contribution in [-0.2, 0) is 19.1 Å². The number of carboxylic acids is 1. The molecule has 1 saturated carbocycles. The summed E-state index contributed by atoms with van der Waals surface area (Å²) in [6.07, 6.45) is 2.51. The smallest absolute Gasteiger partial charge is 0.309 e. The van der Waals surface area contributed by atoms with E-state index < -0.39 is 5.97 Å². The molecule has 2 rings (SSSR count). The Hall–Kier alpha value is -1.10. The molecule has 1 N–H and O–H groups in total. The second-order valence-corrected chi connectivity index (χ2v) is 4.47. The summed E-state index contributed by atoms with van der Waals surface area (Å²) in [7, 11) is 0. The first-order valence-corrected chi connectivity index (χ1v) is 5.68. The highest BCUT2D eigenvalue weighted by molar-refractivity contribution is 5.74. The first-order chi connectivity index (χ1) is 7.66. The molecular formula is C11H16O5. The number of ether oxygens (including phenoxy) is 2. The van der Waals surface area contributed by atoms with Gasteiger partial charge in [0.1, 0.15) is 12.7 Å². The average Bonchev–Trinajstić information content (AvgIpc) is 3.10. The van der Waals surface area contributed by atoms with Crippen molar-refractivity contribution in [1.29, 1.82) is 0 Å². The zero-order valence-electron chi connectivity index (χ0n) is 9.05. The van der Waals surface area contributed by atoms with E-state index in [1.807, 2.05) is 0 Å². The van der Waals surface area contributed by atoms with Gasteiger partial charge >= 0.3 is 11.9 Å². The quantitative estimate of drug-likeness (QED) is 0.569. The number of carboxylic acid groups (broad SMARTS) is 1. The van der Waals surface area contributed by atoms with E-state index in [0.717, 1.165) is 0 Å². The molecule has 1 atom stereocenters. The molecule has 1 aliphatic carbocycles. The van der Waals surface area contributed by atoms with E-state index in [2.05, 4.69) is 0 Å². The number of esters is 1. The predicted octanol–water partition coefficient (Wildman–Crippen LogP) is 0.819. The van der Waals surface area contributed by atoms with Crippen molar-refractivity contribution in [3.8, 4) is 0 Å². The molecular weight excluding hydrogens is 212 g/mol. The molecule has 1 heterocycles. The Bertz CT molecular complexity index is 276. The Morgan fingerprint density at radius 3 is 2.25 bits per heavy atom. The van der Waals surface area contributed by atoms with Gasteiger partial charge in [0.15, 0.2) is 0 Å². The maximum atomic E-state index is 11.6. The van der Waals surface area contributed by atoms with E-state index in [1.54, 1.807) is 0 Å². The molecule has 0 aromatic rings. The Morgan fingerprint density at radius 2 is 1.75 bits per heavy atom. The highest BCUT2D eigenvalue weighted by atomic mass is 16.6. The first kappa shape index (κ1) is 11.4. The molecule has 0 aromatic heterocycles. The Balaban J connectivity index is 1.70. The van der Waals surface area contributed by atoms with Gasteiger partial charge in [0.2, 0.25) is 0 Å². The second kappa shape index (κ2) is 4.82. The lowest BCUT2D eigenvalue weighted by atomic mass is 9.82. The van der Waals surface area contributed by atoms with Gasteiger partial charge in [-0.2, -0.15) is 0 Å². The summed E-state index contributed by atoms with van der Waals surface area (Å²) in [5.74, 6) is -1.34. The minimum Gasteiger partial charge on any atom is -0.481 e. The summed E-state index contributed by atoms with van der Waals surface area (Å²) < 4.78 is 10.0. The molecule has 1 saturated heterocycles. The van der Waals surface area contributed by atoms with Crippen molar-refractivity contribution in [2.24, 2.45) is 11.8 Å². The topological polar surface area (TPSA) is 76.1 Å². The van der Waals surface area contributed by atoms with Crippen molar-refractivity contribution in [3.63, 3.8) is 0 Å². The number of hydrogen-bond donors (Lipinski definition) is 1. The molecule has 1 aliphatic heterocycles. The summed E-state index contributed by atoms with van der Waals surface area (Å²) >= 11 is 0. The van der Waals surface area contributed by atoms with Gasteiger partial charge in [-0.05, 0) is 25.7 Å². The van der Waals surface area contributed by atoms with Crippen molar-refractivity contribution >= 4 is 11.9 Å². The van der Waals surface area contributed by atoms with Crippen LogP contribution in [0.4, 0.5) is 0 Å². The molecule has 2 aliphatic rings. The van der Waals surface area contributed by atoms with Gasteiger partial charge in [0.05, 0.1) is 18.4 Å². The van der Waals surface area contributed by atoms with Gasteiger partial charge in [-0.1, -0.05) is 0 Å². The third-order valence-corrected chi connectivity index (χ3v) is 3.22. The van der Waals surface area contributed by atoms with Crippen LogP contribution in [0.2, 0.25) is 0 Å². The van der Waals surface area contributed by atoms with Crippen LogP contribution < -0.4 is 0 Å². The summed E-state index contributed by atoms with van der Waals surface area (Å²) in [5.41, 5.74) is 0. The number of carbonyl (C=O) groups is 2. The highest BCUT2D eigenvalue weighted by Crippen LogP contribution is 2.29. The SMILES string of the molecule is O=C(O)[C@H]1CC[C@@H](C(=O)OCC2CO2)CC1. The normalized spacial score (nSPS) is 33.1. The minimum atomic E-state index is -0.752. The maximum Gasteiger partial charge on any atom is 0.309 e. The summed E-state index contributed by atoms with van der Waals surface area (Å²) in [6.45, 7) is 1.02. The molecule has 0 radical (unpaired) electrons. The molecule has 0 bridgehead atoms. The molecule has 5 heteroatoms. The summed E-state index contributed by atoms with van der Waals surface area (Å²) in [6, 6.07) is 0. The van der Waals surface area contributed by atoms with E-state index in [4.69, 9.17) is 14.6 Å². The zero-order chi connectivity index (χ0) is 11.5. The first-order valence-electron chi connectivity index (χ1n) is 5.68. The van der Waals surface area contributed by atoms with Crippen molar-refractivity contribution in [2.75, 3.05) is 13.2 Å². The van der Waals surface area contributed by atoms with E-state index in [0.29, 0.717) is 38.9 Å². The highest BCUT2D eigenvalue weighted by Gasteiger charge is 2.32. The molecule has 5 nitrogen and oxygen atoms in total. The van der Waals surface area contributed by atoms with Crippen molar-refractivity contribution in [1.82, 2.24) is 0 Å². The largest absolute Gasteiger partial charge is 0.481 e. The van der Waals surface area contributed by atoms with Crippen LogP contribution >= 0.6 is 0 Å². The van der Waals surface area contributed by atoms with Crippen molar-refractivity contribution in [2.45, 2.75) is 31.8 Å². The fraction of sp³-hybridized carbons (Fsp3) is 0.818. The third-order valence-electron chi connectivity index (χ3n) is 3.22. The van der Waals surface area contributed by atoms with Gasteiger partial charge in [-0.15, -0.1) is 0 Å². The molecule has 16 heavy (non-hydrogen) atoms. The van der Waals surface area contributed by atoms with Crippen LogP contribution in [0.1, 0.15) is 25.7 Å². The monoisotopic (exact) mass is 228 g/mol. The lowest BCUT2D eigenvalue weighted by Gasteiger charge is -2.24. The van der Waals surface area contributed by atoms with E-state index in [1.165, 1.54) is 0 Å². The Morgan fingerprint density at radius 1 is 1.19 bits per heavy atom. The maximum absolute atomic E-state index is 11.6. The fourth-order valence-corrected chi connectivity index (χ4v) is 2.03. The lowest BCUT2D eigenvalue weighted by molar-refractivity contribution is -0.153. The molecule has 0 spiro atoms. The molecule has 0 amide bonds. The molecule has 1 unspecified atom stereocenters. The van der Waals surface area contributed by atoms with Crippen LogP contribution in [0.3, 0.4) is 0 Å². The van der Waals surface area contributed by atoms with Crippen LogP contribution in [0, 0.1) is 11.8 Å². The Kier molecular flexibility index (Phi) is 3.43. The fourth-order valence-electron chi connectivity index (χ4n) is 2.03. The van der Waals surface area contributed by atoms with E-state index >= 15 is 0 Å². The second-order valence-electron chi connectivity index (χ2n) is 4.47. The van der Waals surface area contributed by atoms with Crippen LogP contribution in [0.15, 0.2) is 0 Å². The zero-order valence-corrected chi connectivity index (χ0v) is 9.05. The lowest BCUT2D eigenvalue weighted by Crippen LogP contribution is -2.27. The number of hydrogen-bond acceptors (Lipinski definition) is 4. The Labute approximate surface area is 93.7 Å². The van der Waals surface area contributed by atoms with E-state index in [9.17, 15) is 9.59 Å². The van der Waals surface area contributed by atoms with Crippen LogP contribution in [-0.4, -0.2) is 36.4 Å². The molecule has 2 fully saturated rings. The van der Waals surface area contributed by atoms with Crippen LogP contribution in [0.5, 0.6) is 0 Å². The van der Waals surface area contributed by atoms with Crippen molar-refractivity contribution < 1.29 is 24.2 Å². The molecule has 0 aromatic carbocycles. The van der Waals surface area contributed by atoms with Gasteiger partial charge in [0, 0.05) is 0 Å². The van der Waals surface area contributed by atoms with Gasteiger partial charge in [-0.3, -0.25) is 9.59 Å². The van der Waals surface area contributed by atoms with Crippen molar-refractivity contribution in [3.05, 3.63) is 0 Å². The number of rotatable bonds is 4. The minimum absolute atomic E-state index is 0.0966. The number of carbonyl (C=O) groups excluding carboxylic acids is 1. The number of epoxide rings is 1. The molecule has 90 valence electrons. The predicted molar refractivity (Wildman–Crippen MR) is 53.8 cm³/mol. The summed E-state index contributed by atoms with van der Waals surface area (Å²) in [4.78, 5) is 22.3. The van der Waals surface area contributed by atoms with Gasteiger partial charge in [0.25, 0.3) is 0 Å². The summed E-state index contributed by atoms with van der Waals surface area (Å²) in [5, 5.41) is 8.81. The standard InChI is InChI=1S/C11H16O5/c12-10(13)7-1-3-8(4-2-7)11(14)16-6-9-5-15-9/h7-9H,1-6H2,(H,12,13)/t7-,8+,9?. The van der Waals surface area contributed by atoms with Crippen LogP contribution in [0.25, 0.3) is 0 Å². The average molecular weight is 228 g/mol. The van der Waals surface area contributed by atoms with E-state index in [-0.39, 0.29) is 23.9 Å².